The fraction of sp³-hybridized carbons (Fsp3) is 0.625. The van der Waals surface area contributed by atoms with Crippen molar-refractivity contribution in [2.45, 2.75) is 38.6 Å². The predicted molar refractivity (Wildman–Crippen MR) is 77.6 cm³/mol. The third-order valence-electron chi connectivity index (χ3n) is 4.65. The van der Waals surface area contributed by atoms with Crippen molar-refractivity contribution in [1.82, 2.24) is 0 Å². The molecular formula is C16H25NO2. The van der Waals surface area contributed by atoms with Gasteiger partial charge in [-0.05, 0) is 49.3 Å². The smallest absolute Gasteiger partial charge is 0.124 e. The number of ether oxygens (including phenoxy) is 2. The SMILES string of the molecule is COc1ccc(OC)c(C2(N)CCC(C)C(C)C2)c1. The lowest BCUT2D eigenvalue weighted by Gasteiger charge is -2.41. The molecule has 106 valence electrons. The Hall–Kier alpha value is -1.22. The Balaban J connectivity index is 2.38. The van der Waals surface area contributed by atoms with Crippen molar-refractivity contribution < 1.29 is 9.47 Å². The molecule has 0 heterocycles. The first-order chi connectivity index (χ1) is 9.00. The van der Waals surface area contributed by atoms with Crippen LogP contribution in [0.25, 0.3) is 0 Å². The van der Waals surface area contributed by atoms with Crippen LogP contribution in [0.2, 0.25) is 0 Å². The summed E-state index contributed by atoms with van der Waals surface area (Å²) in [6.07, 6.45) is 3.16. The van der Waals surface area contributed by atoms with E-state index in [0.717, 1.165) is 42.2 Å². The van der Waals surface area contributed by atoms with Crippen molar-refractivity contribution in [3.8, 4) is 11.5 Å². The van der Waals surface area contributed by atoms with Gasteiger partial charge in [0.25, 0.3) is 0 Å². The topological polar surface area (TPSA) is 44.5 Å². The summed E-state index contributed by atoms with van der Waals surface area (Å²) in [7, 11) is 3.38. The zero-order valence-corrected chi connectivity index (χ0v) is 12.4. The summed E-state index contributed by atoms with van der Waals surface area (Å²) in [4.78, 5) is 0. The Morgan fingerprint density at radius 2 is 1.89 bits per heavy atom. The van der Waals surface area contributed by atoms with Gasteiger partial charge in [0, 0.05) is 11.1 Å². The summed E-state index contributed by atoms with van der Waals surface area (Å²) >= 11 is 0. The number of methoxy groups -OCH3 is 2. The molecule has 3 nitrogen and oxygen atoms in total. The van der Waals surface area contributed by atoms with Crippen molar-refractivity contribution in [2.24, 2.45) is 17.6 Å². The molecule has 1 fully saturated rings. The molecular weight excluding hydrogens is 238 g/mol. The zero-order valence-electron chi connectivity index (χ0n) is 12.4. The van der Waals surface area contributed by atoms with Crippen LogP contribution in [0.5, 0.6) is 11.5 Å². The normalized spacial score (nSPS) is 31.0. The highest BCUT2D eigenvalue weighted by Gasteiger charge is 2.37. The minimum Gasteiger partial charge on any atom is -0.497 e. The maximum Gasteiger partial charge on any atom is 0.124 e. The van der Waals surface area contributed by atoms with Crippen LogP contribution in [0.1, 0.15) is 38.7 Å². The maximum absolute atomic E-state index is 6.70. The van der Waals surface area contributed by atoms with E-state index in [-0.39, 0.29) is 5.54 Å². The molecule has 1 aliphatic carbocycles. The second-order valence-electron chi connectivity index (χ2n) is 5.92. The molecule has 0 bridgehead atoms. The Kier molecular flexibility index (Phi) is 4.04. The molecule has 1 aromatic rings. The molecule has 0 saturated heterocycles. The lowest BCUT2D eigenvalue weighted by Crippen LogP contribution is -2.43. The number of benzene rings is 1. The van der Waals surface area contributed by atoms with Gasteiger partial charge in [-0.3, -0.25) is 0 Å². The van der Waals surface area contributed by atoms with Crippen LogP contribution in [0.4, 0.5) is 0 Å². The molecule has 3 unspecified atom stereocenters. The largest absolute Gasteiger partial charge is 0.497 e. The molecule has 19 heavy (non-hydrogen) atoms. The molecule has 0 amide bonds. The van der Waals surface area contributed by atoms with Gasteiger partial charge in [-0.25, -0.2) is 0 Å². The van der Waals surface area contributed by atoms with Gasteiger partial charge >= 0.3 is 0 Å². The second-order valence-corrected chi connectivity index (χ2v) is 5.92. The quantitative estimate of drug-likeness (QED) is 0.910. The fourth-order valence-electron chi connectivity index (χ4n) is 3.10. The van der Waals surface area contributed by atoms with Crippen molar-refractivity contribution in [3.05, 3.63) is 23.8 Å². The van der Waals surface area contributed by atoms with Gasteiger partial charge in [0.2, 0.25) is 0 Å². The van der Waals surface area contributed by atoms with Crippen molar-refractivity contribution in [1.29, 1.82) is 0 Å². The van der Waals surface area contributed by atoms with Crippen LogP contribution in [-0.2, 0) is 5.54 Å². The molecule has 3 heteroatoms. The van der Waals surface area contributed by atoms with Crippen LogP contribution in [0, 0.1) is 11.8 Å². The number of hydrogen-bond acceptors (Lipinski definition) is 3. The second kappa shape index (κ2) is 5.41. The van der Waals surface area contributed by atoms with E-state index >= 15 is 0 Å². The molecule has 0 aromatic heterocycles. The van der Waals surface area contributed by atoms with E-state index < -0.39 is 0 Å². The predicted octanol–water partition coefficient (Wildman–Crippen LogP) is 3.31. The first kappa shape index (κ1) is 14.2. The molecule has 2 N–H and O–H groups in total. The number of nitrogens with two attached hydrogens (primary N) is 1. The van der Waals surface area contributed by atoms with E-state index in [9.17, 15) is 0 Å². The number of rotatable bonds is 3. The van der Waals surface area contributed by atoms with Crippen LogP contribution >= 0.6 is 0 Å². The van der Waals surface area contributed by atoms with Crippen LogP contribution < -0.4 is 15.2 Å². The van der Waals surface area contributed by atoms with Gasteiger partial charge in [0.05, 0.1) is 14.2 Å². The molecule has 0 spiro atoms. The van der Waals surface area contributed by atoms with E-state index in [2.05, 4.69) is 13.8 Å². The van der Waals surface area contributed by atoms with E-state index in [1.165, 1.54) is 0 Å². The van der Waals surface area contributed by atoms with Gasteiger partial charge in [-0.15, -0.1) is 0 Å². The third kappa shape index (κ3) is 2.71. The van der Waals surface area contributed by atoms with Crippen molar-refractivity contribution in [3.63, 3.8) is 0 Å². The first-order valence-corrected chi connectivity index (χ1v) is 7.01. The Labute approximate surface area is 116 Å². The van der Waals surface area contributed by atoms with Gasteiger partial charge in [0.15, 0.2) is 0 Å². The molecule has 3 atom stereocenters. The van der Waals surface area contributed by atoms with Gasteiger partial charge in [-0.1, -0.05) is 13.8 Å². The molecule has 1 saturated carbocycles. The molecule has 0 radical (unpaired) electrons. The highest BCUT2D eigenvalue weighted by Crippen LogP contribution is 2.44. The summed E-state index contributed by atoms with van der Waals surface area (Å²) < 4.78 is 10.8. The van der Waals surface area contributed by atoms with E-state index in [1.54, 1.807) is 14.2 Å². The molecule has 1 aliphatic rings. The molecule has 1 aromatic carbocycles. The molecule has 2 rings (SSSR count). The average Bonchev–Trinajstić information content (AvgIpc) is 2.42. The third-order valence-corrected chi connectivity index (χ3v) is 4.65. The highest BCUT2D eigenvalue weighted by atomic mass is 16.5. The summed E-state index contributed by atoms with van der Waals surface area (Å²) in [6.45, 7) is 4.60. The van der Waals surface area contributed by atoms with Crippen LogP contribution in [0.15, 0.2) is 18.2 Å². The summed E-state index contributed by atoms with van der Waals surface area (Å²) in [5.41, 5.74) is 7.47. The minimum absolute atomic E-state index is 0.300. The van der Waals surface area contributed by atoms with Crippen LogP contribution in [-0.4, -0.2) is 14.2 Å². The van der Waals surface area contributed by atoms with E-state index in [0.29, 0.717) is 5.92 Å². The van der Waals surface area contributed by atoms with E-state index in [1.807, 2.05) is 18.2 Å². The van der Waals surface area contributed by atoms with Crippen molar-refractivity contribution >= 4 is 0 Å². The highest BCUT2D eigenvalue weighted by molar-refractivity contribution is 5.44. The summed E-state index contributed by atoms with van der Waals surface area (Å²) in [5, 5.41) is 0. The first-order valence-electron chi connectivity index (χ1n) is 7.01. The Morgan fingerprint density at radius 3 is 2.47 bits per heavy atom. The van der Waals surface area contributed by atoms with Gasteiger partial charge < -0.3 is 15.2 Å². The molecule has 0 aliphatic heterocycles. The van der Waals surface area contributed by atoms with Gasteiger partial charge in [0.1, 0.15) is 11.5 Å². The maximum atomic E-state index is 6.70. The lowest BCUT2D eigenvalue weighted by atomic mass is 9.68. The number of hydrogen-bond donors (Lipinski definition) is 1. The monoisotopic (exact) mass is 263 g/mol. The minimum atomic E-state index is -0.300. The zero-order chi connectivity index (χ0) is 14.0. The average molecular weight is 263 g/mol. The fourth-order valence-corrected chi connectivity index (χ4v) is 3.10. The lowest BCUT2D eigenvalue weighted by molar-refractivity contribution is 0.173. The van der Waals surface area contributed by atoms with Crippen molar-refractivity contribution in [2.75, 3.05) is 14.2 Å². The van der Waals surface area contributed by atoms with E-state index in [4.69, 9.17) is 15.2 Å². The summed E-state index contributed by atoms with van der Waals surface area (Å²) in [5.74, 6) is 3.08. The standard InChI is InChI=1S/C16H25NO2/c1-11-7-8-16(17,10-12(11)2)14-9-13(18-3)5-6-15(14)19-4/h5-6,9,11-12H,7-8,10,17H2,1-4H3. The van der Waals surface area contributed by atoms with Crippen LogP contribution in [0.3, 0.4) is 0 Å². The Morgan fingerprint density at radius 1 is 1.16 bits per heavy atom. The van der Waals surface area contributed by atoms with Gasteiger partial charge in [-0.2, -0.15) is 0 Å². The Bertz CT molecular complexity index is 446. The summed E-state index contributed by atoms with van der Waals surface area (Å²) in [6, 6.07) is 5.90.